The Kier molecular flexibility index (Phi) is 5.04. The van der Waals surface area contributed by atoms with Crippen LogP contribution in [0.1, 0.15) is 18.4 Å². The summed E-state index contributed by atoms with van der Waals surface area (Å²) in [7, 11) is 0. The predicted molar refractivity (Wildman–Crippen MR) is 89.8 cm³/mol. The van der Waals surface area contributed by atoms with Gasteiger partial charge in [0.25, 0.3) is 0 Å². The molecule has 0 bridgehead atoms. The summed E-state index contributed by atoms with van der Waals surface area (Å²) >= 11 is 8.58. The van der Waals surface area contributed by atoms with Gasteiger partial charge in [0.2, 0.25) is 0 Å². The predicted octanol–water partition coefficient (Wildman–Crippen LogP) is 4.43. The lowest BCUT2D eigenvalue weighted by Crippen LogP contribution is -2.15. The normalized spacial score (nSPS) is 14.7. The van der Waals surface area contributed by atoms with Crippen molar-refractivity contribution < 1.29 is 0 Å². The van der Waals surface area contributed by atoms with Crippen LogP contribution in [0.15, 0.2) is 36.2 Å². The van der Waals surface area contributed by atoms with Crippen molar-refractivity contribution in [2.24, 2.45) is 0 Å². The van der Waals surface area contributed by atoms with Crippen molar-refractivity contribution in [2.75, 3.05) is 6.26 Å². The number of halogens is 1. The Morgan fingerprint density at radius 2 is 2.15 bits per heavy atom. The zero-order valence-corrected chi connectivity index (χ0v) is 15.0. The van der Waals surface area contributed by atoms with Crippen molar-refractivity contribution in [3.05, 3.63) is 28.2 Å². The maximum Gasteiger partial charge on any atom is 0.179 e. The Labute approximate surface area is 139 Å². The summed E-state index contributed by atoms with van der Waals surface area (Å²) in [5.74, 6) is 0. The van der Waals surface area contributed by atoms with E-state index in [1.165, 1.54) is 23.3 Å². The molecule has 0 unspecified atom stereocenters. The van der Waals surface area contributed by atoms with E-state index in [1.54, 1.807) is 34.9 Å². The molecule has 0 atom stereocenters. The first kappa shape index (κ1) is 14.8. The van der Waals surface area contributed by atoms with Gasteiger partial charge in [0, 0.05) is 22.0 Å². The highest BCUT2D eigenvalue weighted by molar-refractivity contribution is 9.10. The van der Waals surface area contributed by atoms with Crippen LogP contribution in [0.25, 0.3) is 0 Å². The van der Waals surface area contributed by atoms with E-state index in [0.29, 0.717) is 0 Å². The fraction of sp³-hybridized carbons (Fsp3) is 0.385. The SMILES string of the molecule is CSc1nnc(Sc2ccc(CNC3CC3)cc2Br)s1. The molecule has 1 fully saturated rings. The Morgan fingerprint density at radius 1 is 1.35 bits per heavy atom. The highest BCUT2D eigenvalue weighted by Gasteiger charge is 2.20. The number of hydrogen-bond acceptors (Lipinski definition) is 6. The second-order valence-corrected chi connectivity index (χ2v) is 8.73. The molecule has 3 nitrogen and oxygen atoms in total. The summed E-state index contributed by atoms with van der Waals surface area (Å²) in [6.07, 6.45) is 4.67. The van der Waals surface area contributed by atoms with Crippen LogP contribution in [0.2, 0.25) is 0 Å². The molecule has 0 amide bonds. The van der Waals surface area contributed by atoms with E-state index >= 15 is 0 Å². The Hall–Kier alpha value is -0.0800. The smallest absolute Gasteiger partial charge is 0.179 e. The van der Waals surface area contributed by atoms with Crippen LogP contribution in [0.5, 0.6) is 0 Å². The van der Waals surface area contributed by atoms with Crippen molar-refractivity contribution >= 4 is 50.8 Å². The van der Waals surface area contributed by atoms with Gasteiger partial charge in [-0.15, -0.1) is 10.2 Å². The molecule has 0 aliphatic heterocycles. The standard InChI is InChI=1S/C13H14BrN3S3/c1-18-12-16-17-13(20-12)19-11-5-2-8(6-10(11)14)7-15-9-3-4-9/h2,5-6,9,15H,3-4,7H2,1H3. The number of aromatic nitrogens is 2. The summed E-state index contributed by atoms with van der Waals surface area (Å²) < 4.78 is 3.12. The molecule has 1 aromatic carbocycles. The average Bonchev–Trinajstić information content (AvgIpc) is 3.17. The maximum absolute atomic E-state index is 4.19. The molecule has 0 spiro atoms. The minimum absolute atomic E-state index is 0.745. The van der Waals surface area contributed by atoms with E-state index in [2.05, 4.69) is 49.6 Å². The van der Waals surface area contributed by atoms with E-state index < -0.39 is 0 Å². The Morgan fingerprint density at radius 3 is 2.80 bits per heavy atom. The number of hydrogen-bond donors (Lipinski definition) is 1. The molecule has 1 saturated carbocycles. The van der Waals surface area contributed by atoms with Gasteiger partial charge in [-0.25, -0.2) is 0 Å². The van der Waals surface area contributed by atoms with Gasteiger partial charge >= 0.3 is 0 Å². The topological polar surface area (TPSA) is 37.8 Å². The summed E-state index contributed by atoms with van der Waals surface area (Å²) in [4.78, 5) is 1.18. The second kappa shape index (κ2) is 6.79. The van der Waals surface area contributed by atoms with Crippen LogP contribution in [0.4, 0.5) is 0 Å². The molecule has 0 radical (unpaired) electrons. The Balaban J connectivity index is 1.66. The third-order valence-corrected chi connectivity index (χ3v) is 6.87. The highest BCUT2D eigenvalue weighted by atomic mass is 79.9. The summed E-state index contributed by atoms with van der Waals surface area (Å²) in [5, 5.41) is 11.8. The lowest BCUT2D eigenvalue weighted by Gasteiger charge is -2.06. The van der Waals surface area contributed by atoms with Crippen LogP contribution >= 0.6 is 50.8 Å². The lowest BCUT2D eigenvalue weighted by atomic mass is 10.2. The van der Waals surface area contributed by atoms with E-state index in [4.69, 9.17) is 0 Å². The van der Waals surface area contributed by atoms with Gasteiger partial charge in [0.05, 0.1) is 0 Å². The van der Waals surface area contributed by atoms with Gasteiger partial charge in [0.15, 0.2) is 8.68 Å². The van der Waals surface area contributed by atoms with Crippen molar-refractivity contribution in [2.45, 2.75) is 39.0 Å². The zero-order chi connectivity index (χ0) is 13.9. The van der Waals surface area contributed by atoms with Crippen molar-refractivity contribution in [1.82, 2.24) is 15.5 Å². The number of nitrogens with one attached hydrogen (secondary N) is 1. The van der Waals surface area contributed by atoms with Crippen LogP contribution in [0.3, 0.4) is 0 Å². The molecule has 106 valence electrons. The number of benzene rings is 1. The third-order valence-electron chi connectivity index (χ3n) is 2.93. The Bertz CT molecular complexity index is 598. The molecule has 2 aromatic rings. The molecular weight excluding hydrogens is 374 g/mol. The third kappa shape index (κ3) is 3.98. The van der Waals surface area contributed by atoms with E-state index in [1.807, 2.05) is 6.26 Å². The number of thioether (sulfide) groups is 1. The molecule has 1 heterocycles. The minimum Gasteiger partial charge on any atom is -0.310 e. The summed E-state index contributed by atoms with van der Waals surface area (Å²) in [5.41, 5.74) is 1.31. The largest absolute Gasteiger partial charge is 0.310 e. The minimum atomic E-state index is 0.745. The zero-order valence-electron chi connectivity index (χ0n) is 10.9. The van der Waals surface area contributed by atoms with Crippen LogP contribution < -0.4 is 5.32 Å². The van der Waals surface area contributed by atoms with E-state index in [9.17, 15) is 0 Å². The van der Waals surface area contributed by atoms with Gasteiger partial charge in [-0.3, -0.25) is 0 Å². The van der Waals surface area contributed by atoms with Crippen LogP contribution in [-0.4, -0.2) is 22.5 Å². The monoisotopic (exact) mass is 387 g/mol. The molecule has 20 heavy (non-hydrogen) atoms. The fourth-order valence-electron chi connectivity index (χ4n) is 1.70. The quantitative estimate of drug-likeness (QED) is 0.742. The molecule has 1 aromatic heterocycles. The van der Waals surface area contributed by atoms with Gasteiger partial charge in [0.1, 0.15) is 0 Å². The average molecular weight is 388 g/mol. The fourth-order valence-corrected chi connectivity index (χ4v) is 4.77. The molecular formula is C13H14BrN3S3. The van der Waals surface area contributed by atoms with Crippen molar-refractivity contribution in [1.29, 1.82) is 0 Å². The molecule has 7 heteroatoms. The molecule has 0 saturated heterocycles. The van der Waals surface area contributed by atoms with Crippen LogP contribution in [0, 0.1) is 0 Å². The highest BCUT2D eigenvalue weighted by Crippen LogP contribution is 2.37. The molecule has 1 aliphatic rings. The summed E-state index contributed by atoms with van der Waals surface area (Å²) in [6.45, 7) is 0.948. The molecule has 1 N–H and O–H groups in total. The number of nitrogens with zero attached hydrogens (tertiary/aromatic N) is 2. The second-order valence-electron chi connectivity index (χ2n) is 4.56. The van der Waals surface area contributed by atoms with Gasteiger partial charge in [-0.1, -0.05) is 40.9 Å². The summed E-state index contributed by atoms with van der Waals surface area (Å²) in [6, 6.07) is 7.26. The first-order chi connectivity index (χ1) is 9.74. The lowest BCUT2D eigenvalue weighted by molar-refractivity contribution is 0.687. The van der Waals surface area contributed by atoms with Gasteiger partial charge < -0.3 is 5.32 Å². The first-order valence-corrected chi connectivity index (χ1v) is 9.97. The molecule has 3 rings (SSSR count). The van der Waals surface area contributed by atoms with Gasteiger partial charge in [-0.2, -0.15) is 0 Å². The number of rotatable bonds is 6. The first-order valence-electron chi connectivity index (χ1n) is 6.32. The van der Waals surface area contributed by atoms with Crippen molar-refractivity contribution in [3.63, 3.8) is 0 Å². The van der Waals surface area contributed by atoms with E-state index in [-0.39, 0.29) is 0 Å². The van der Waals surface area contributed by atoms with E-state index in [0.717, 1.165) is 25.7 Å². The van der Waals surface area contributed by atoms with Gasteiger partial charge in [-0.05, 0) is 52.7 Å². The molecule has 1 aliphatic carbocycles. The maximum atomic E-state index is 4.19. The van der Waals surface area contributed by atoms with Crippen molar-refractivity contribution in [3.8, 4) is 0 Å². The van der Waals surface area contributed by atoms with Crippen LogP contribution in [-0.2, 0) is 6.54 Å².